The fraction of sp³-hybridized carbons (Fsp3) is 0.320. The lowest BCUT2D eigenvalue weighted by Crippen LogP contribution is -2.47. The Morgan fingerprint density at radius 1 is 1.19 bits per heavy atom. The first-order valence-electron chi connectivity index (χ1n) is 11.4. The Morgan fingerprint density at radius 3 is 2.65 bits per heavy atom. The Kier molecular flexibility index (Phi) is 8.05. The Bertz CT molecular complexity index is 1290. The van der Waals surface area contributed by atoms with Gasteiger partial charge in [-0.2, -0.15) is 5.26 Å². The molecule has 0 bridgehead atoms. The van der Waals surface area contributed by atoms with Crippen LogP contribution in [-0.2, 0) is 4.79 Å². The number of nitrogens with zero attached hydrogens (tertiary/aromatic N) is 5. The lowest BCUT2D eigenvalue weighted by molar-refractivity contribution is -0.150. The highest BCUT2D eigenvalue weighted by Gasteiger charge is 2.32. The Labute approximate surface area is 211 Å². The minimum Gasteiger partial charge on any atom is -0.489 e. The van der Waals surface area contributed by atoms with E-state index < -0.39 is 18.4 Å². The van der Waals surface area contributed by atoms with Crippen molar-refractivity contribution in [2.45, 2.75) is 31.5 Å². The van der Waals surface area contributed by atoms with E-state index in [1.807, 2.05) is 0 Å². The van der Waals surface area contributed by atoms with Crippen LogP contribution in [0.1, 0.15) is 18.4 Å². The molecular weight excluding hydrogens is 486 g/mol. The monoisotopic (exact) mass is 510 g/mol. The van der Waals surface area contributed by atoms with E-state index >= 15 is 0 Å². The number of alkyl halides is 2. The summed E-state index contributed by atoms with van der Waals surface area (Å²) in [5.41, 5.74) is 2.27. The zero-order valence-electron chi connectivity index (χ0n) is 19.8. The molecule has 2 aromatic heterocycles. The molecule has 0 saturated carbocycles. The number of piperidine rings is 1. The maximum Gasteiger partial charge on any atom is 0.273 e. The van der Waals surface area contributed by atoms with Gasteiger partial charge in [-0.25, -0.2) is 23.7 Å². The molecule has 4 rings (SSSR count). The first-order chi connectivity index (χ1) is 17.9. The van der Waals surface area contributed by atoms with Crippen LogP contribution in [0, 0.1) is 11.3 Å². The van der Waals surface area contributed by atoms with Crippen molar-refractivity contribution in [3.8, 4) is 29.0 Å². The second kappa shape index (κ2) is 11.6. The van der Waals surface area contributed by atoms with Crippen molar-refractivity contribution in [1.82, 2.24) is 19.9 Å². The first kappa shape index (κ1) is 25.7. The van der Waals surface area contributed by atoms with Gasteiger partial charge in [0.2, 0.25) is 11.8 Å². The number of aliphatic hydroxyl groups excluding tert-OH is 1. The van der Waals surface area contributed by atoms with E-state index in [9.17, 15) is 23.9 Å². The number of nitrogens with one attached hydrogen (secondary N) is 1. The summed E-state index contributed by atoms with van der Waals surface area (Å²) in [6, 6.07) is 12.4. The molecule has 1 atom stereocenters. The third kappa shape index (κ3) is 6.25. The standard InChI is InChI=1S/C25H24F2N6O4/c1-36-21-13-17(4-8-29-21)31-25-30-9-5-19(32-25)15-2-3-20(16(12-15)14-28)37-18-6-10-33(11-7-18)24(35)22(34)23(26)27/h2-5,8-9,12-13,18,22-23,34H,6-7,10-11H2,1H3,(H,29,30,31,32)/t22-/m1/s1. The number of aromatic nitrogens is 3. The van der Waals surface area contributed by atoms with Crippen LogP contribution in [0.15, 0.2) is 48.8 Å². The molecule has 0 unspecified atom stereocenters. The maximum atomic E-state index is 12.6. The number of ether oxygens (including phenoxy) is 2. The summed E-state index contributed by atoms with van der Waals surface area (Å²) in [7, 11) is 1.52. The van der Waals surface area contributed by atoms with Crippen molar-refractivity contribution in [2.24, 2.45) is 0 Å². The lowest BCUT2D eigenvalue weighted by Gasteiger charge is -2.33. The normalized spacial score (nSPS) is 14.6. The number of hydrogen-bond acceptors (Lipinski definition) is 9. The van der Waals surface area contributed by atoms with E-state index in [1.165, 1.54) is 12.0 Å². The molecule has 1 aromatic carbocycles. The van der Waals surface area contributed by atoms with E-state index in [2.05, 4.69) is 26.3 Å². The van der Waals surface area contributed by atoms with Gasteiger partial charge in [0.1, 0.15) is 17.9 Å². The molecule has 1 saturated heterocycles. The molecule has 192 valence electrons. The fourth-order valence-corrected chi connectivity index (χ4v) is 3.86. The number of halogens is 2. The average Bonchev–Trinajstić information content (AvgIpc) is 2.93. The van der Waals surface area contributed by atoms with E-state index in [1.54, 1.807) is 48.8 Å². The predicted molar refractivity (Wildman–Crippen MR) is 128 cm³/mol. The highest BCUT2D eigenvalue weighted by Crippen LogP contribution is 2.29. The molecule has 0 radical (unpaired) electrons. The van der Waals surface area contributed by atoms with Gasteiger partial charge in [0.05, 0.1) is 18.4 Å². The van der Waals surface area contributed by atoms with Crippen molar-refractivity contribution in [2.75, 3.05) is 25.5 Å². The lowest BCUT2D eigenvalue weighted by atomic mass is 10.1. The van der Waals surface area contributed by atoms with Crippen molar-refractivity contribution < 1.29 is 28.2 Å². The number of nitriles is 1. The van der Waals surface area contributed by atoms with Crippen LogP contribution in [0.5, 0.6) is 11.6 Å². The number of anilines is 2. The van der Waals surface area contributed by atoms with Gasteiger partial charge in [0.25, 0.3) is 12.3 Å². The highest BCUT2D eigenvalue weighted by molar-refractivity contribution is 5.81. The van der Waals surface area contributed by atoms with Gasteiger partial charge in [-0.05, 0) is 30.3 Å². The minimum atomic E-state index is -3.13. The minimum absolute atomic E-state index is 0.174. The number of rotatable bonds is 8. The Balaban J connectivity index is 1.43. The van der Waals surface area contributed by atoms with Gasteiger partial charge in [0.15, 0.2) is 6.10 Å². The van der Waals surface area contributed by atoms with Crippen molar-refractivity contribution in [3.05, 3.63) is 54.4 Å². The summed E-state index contributed by atoms with van der Waals surface area (Å²) in [6.07, 6.45) is -1.79. The van der Waals surface area contributed by atoms with Crippen molar-refractivity contribution in [1.29, 1.82) is 5.26 Å². The zero-order valence-corrected chi connectivity index (χ0v) is 19.8. The molecule has 0 spiro atoms. The van der Waals surface area contributed by atoms with Gasteiger partial charge in [-0.1, -0.05) is 0 Å². The van der Waals surface area contributed by atoms with Crippen LogP contribution in [0.3, 0.4) is 0 Å². The number of methoxy groups -OCH3 is 1. The number of benzene rings is 1. The van der Waals surface area contributed by atoms with Crippen LogP contribution in [0.25, 0.3) is 11.3 Å². The van der Waals surface area contributed by atoms with E-state index in [0.29, 0.717) is 52.9 Å². The topological polar surface area (TPSA) is 133 Å². The quantitative estimate of drug-likeness (QED) is 0.469. The summed E-state index contributed by atoms with van der Waals surface area (Å²) in [4.78, 5) is 25.9. The van der Waals surface area contributed by atoms with Gasteiger partial charge in [0, 0.05) is 55.6 Å². The number of aliphatic hydroxyl groups is 1. The number of likely N-dealkylation sites (tertiary alicyclic amines) is 1. The fourth-order valence-electron chi connectivity index (χ4n) is 3.86. The number of pyridine rings is 1. The van der Waals surface area contributed by atoms with E-state index in [-0.39, 0.29) is 19.2 Å². The predicted octanol–water partition coefficient (Wildman–Crippen LogP) is 3.16. The molecule has 1 amide bonds. The molecule has 1 aliphatic rings. The molecule has 12 heteroatoms. The summed E-state index contributed by atoms with van der Waals surface area (Å²) >= 11 is 0. The molecule has 37 heavy (non-hydrogen) atoms. The SMILES string of the molecule is COc1cc(Nc2nccc(-c3ccc(OC4CCN(C(=O)[C@H](O)C(F)F)CC4)c(C#N)c3)n2)ccn1. The van der Waals surface area contributed by atoms with Gasteiger partial charge in [-0.15, -0.1) is 0 Å². The second-order valence-electron chi connectivity index (χ2n) is 8.22. The number of hydrogen-bond donors (Lipinski definition) is 2. The van der Waals surface area contributed by atoms with Crippen molar-refractivity contribution in [3.63, 3.8) is 0 Å². The number of carbonyl (C=O) groups excluding carboxylic acids is 1. The molecule has 10 nitrogen and oxygen atoms in total. The largest absolute Gasteiger partial charge is 0.489 e. The highest BCUT2D eigenvalue weighted by atomic mass is 19.3. The van der Waals surface area contributed by atoms with E-state index in [0.717, 1.165) is 0 Å². The van der Waals surface area contributed by atoms with Crippen LogP contribution in [0.4, 0.5) is 20.4 Å². The molecule has 3 aromatic rings. The van der Waals surface area contributed by atoms with Crippen molar-refractivity contribution >= 4 is 17.5 Å². The van der Waals surface area contributed by atoms with Gasteiger partial charge < -0.3 is 24.8 Å². The summed E-state index contributed by atoms with van der Waals surface area (Å²) in [5.74, 6) is 0.179. The van der Waals surface area contributed by atoms with Crippen LogP contribution >= 0.6 is 0 Å². The van der Waals surface area contributed by atoms with E-state index in [4.69, 9.17) is 9.47 Å². The molecule has 1 fully saturated rings. The van der Waals surface area contributed by atoms with Crippen LogP contribution in [0.2, 0.25) is 0 Å². The molecule has 0 aliphatic carbocycles. The summed E-state index contributed by atoms with van der Waals surface area (Å²) in [6.45, 7) is 0.348. The molecule has 3 heterocycles. The Morgan fingerprint density at radius 2 is 1.95 bits per heavy atom. The number of carbonyl (C=O) groups is 1. The molecule has 2 N–H and O–H groups in total. The van der Waals surface area contributed by atoms with Crippen LogP contribution < -0.4 is 14.8 Å². The third-order valence-corrected chi connectivity index (χ3v) is 5.79. The molecular formula is C25H24F2N6O4. The van der Waals surface area contributed by atoms with Crippen LogP contribution in [-0.4, -0.2) is 69.7 Å². The smallest absolute Gasteiger partial charge is 0.273 e. The third-order valence-electron chi connectivity index (χ3n) is 5.79. The summed E-state index contributed by atoms with van der Waals surface area (Å²) in [5, 5.41) is 22.1. The van der Waals surface area contributed by atoms with Gasteiger partial charge >= 0.3 is 0 Å². The molecule has 1 aliphatic heterocycles. The average molecular weight is 511 g/mol. The number of amides is 1. The first-order valence-corrected chi connectivity index (χ1v) is 11.4. The summed E-state index contributed by atoms with van der Waals surface area (Å²) < 4.78 is 36.3. The Hall–Kier alpha value is -4.37. The van der Waals surface area contributed by atoms with Gasteiger partial charge in [-0.3, -0.25) is 4.79 Å². The zero-order chi connectivity index (χ0) is 26.4. The second-order valence-corrected chi connectivity index (χ2v) is 8.22. The maximum absolute atomic E-state index is 12.6.